The van der Waals surface area contributed by atoms with Gasteiger partial charge in [0.25, 0.3) is 5.91 Å². The fourth-order valence-corrected chi connectivity index (χ4v) is 4.03. The second-order valence-corrected chi connectivity index (χ2v) is 6.98. The molecule has 2 heterocycles. The molecule has 1 aromatic rings. The molecule has 2 amide bonds. The molecule has 2 saturated heterocycles. The van der Waals surface area contributed by atoms with Gasteiger partial charge in [-0.1, -0.05) is 24.1 Å². The number of carbonyl (C=O) groups excluding carboxylic acids is 2. The van der Waals surface area contributed by atoms with Crippen LogP contribution < -0.4 is 4.90 Å². The summed E-state index contributed by atoms with van der Waals surface area (Å²) in [6, 6.07) is 5.03. The molecule has 0 unspecified atom stereocenters. The van der Waals surface area contributed by atoms with Gasteiger partial charge in [-0.05, 0) is 50.4 Å². The van der Waals surface area contributed by atoms with Gasteiger partial charge in [-0.2, -0.15) is 0 Å². The third-order valence-electron chi connectivity index (χ3n) is 5.14. The number of anilines is 1. The molecule has 5 nitrogen and oxygen atoms in total. The highest BCUT2D eigenvalue weighted by molar-refractivity contribution is 6.32. The number of rotatable bonds is 4. The Kier molecular flexibility index (Phi) is 5.23. The highest BCUT2D eigenvalue weighted by Crippen LogP contribution is 2.34. The van der Waals surface area contributed by atoms with Crippen molar-refractivity contribution in [3.05, 3.63) is 28.8 Å². The van der Waals surface area contributed by atoms with E-state index >= 15 is 0 Å². The van der Waals surface area contributed by atoms with Crippen LogP contribution in [-0.2, 0) is 9.59 Å². The number of likely N-dealkylation sites (tertiary alicyclic amines) is 1. The van der Waals surface area contributed by atoms with E-state index < -0.39 is 6.04 Å². The first-order valence-corrected chi connectivity index (χ1v) is 8.91. The molecule has 0 aromatic heterocycles. The Morgan fingerprint density at radius 3 is 2.83 bits per heavy atom. The van der Waals surface area contributed by atoms with Crippen molar-refractivity contribution in [3.63, 3.8) is 0 Å². The van der Waals surface area contributed by atoms with Gasteiger partial charge in [0.05, 0.1) is 18.2 Å². The van der Waals surface area contributed by atoms with Crippen LogP contribution in [0.3, 0.4) is 0 Å². The van der Waals surface area contributed by atoms with Crippen molar-refractivity contribution >= 4 is 29.1 Å². The third-order valence-corrected chi connectivity index (χ3v) is 5.55. The van der Waals surface area contributed by atoms with E-state index in [9.17, 15) is 14.7 Å². The number of imide groups is 1. The van der Waals surface area contributed by atoms with Crippen LogP contribution >= 0.6 is 11.6 Å². The summed E-state index contributed by atoms with van der Waals surface area (Å²) in [6.07, 6.45) is 3.94. The molecule has 130 valence electrons. The maximum atomic E-state index is 13.0. The molecule has 0 spiro atoms. The molecule has 3 rings (SSSR count). The zero-order chi connectivity index (χ0) is 17.3. The summed E-state index contributed by atoms with van der Waals surface area (Å²) in [5, 5.41) is 9.84. The van der Waals surface area contributed by atoms with Gasteiger partial charge in [0.15, 0.2) is 0 Å². The standard InChI is InChI=1S/C18H23ClN2O3/c1-12-14(19)6-4-7-15(12)21-17(23)11-16(18(21)24)20-9-3-2-5-13(20)8-10-22/h4,6-7,13,16,22H,2-3,5,8-11H2,1H3/t13-,16-/m0/s1. The quantitative estimate of drug-likeness (QED) is 0.848. The number of amides is 2. The Hall–Kier alpha value is -1.43. The number of aliphatic hydroxyl groups excluding tert-OH is 1. The lowest BCUT2D eigenvalue weighted by Crippen LogP contribution is -2.50. The SMILES string of the molecule is Cc1c(Cl)cccc1N1C(=O)C[C@H](N2CCCC[C@H]2CCO)C1=O. The lowest BCUT2D eigenvalue weighted by Gasteiger charge is -2.38. The first-order valence-electron chi connectivity index (χ1n) is 8.53. The predicted octanol–water partition coefficient (Wildman–Crippen LogP) is 2.52. The van der Waals surface area contributed by atoms with E-state index in [4.69, 9.17) is 11.6 Å². The van der Waals surface area contributed by atoms with Gasteiger partial charge in [-0.3, -0.25) is 14.5 Å². The zero-order valence-electron chi connectivity index (χ0n) is 13.9. The average molecular weight is 351 g/mol. The molecule has 0 aliphatic carbocycles. The molecule has 1 N–H and O–H groups in total. The van der Waals surface area contributed by atoms with Gasteiger partial charge in [-0.25, -0.2) is 4.90 Å². The van der Waals surface area contributed by atoms with E-state index in [1.165, 1.54) is 4.90 Å². The first kappa shape index (κ1) is 17.4. The summed E-state index contributed by atoms with van der Waals surface area (Å²) in [6.45, 7) is 2.73. The van der Waals surface area contributed by atoms with Crippen LogP contribution in [0.5, 0.6) is 0 Å². The van der Waals surface area contributed by atoms with Crippen molar-refractivity contribution in [1.82, 2.24) is 4.90 Å². The molecule has 0 radical (unpaired) electrons. The molecular formula is C18H23ClN2O3. The minimum Gasteiger partial charge on any atom is -0.396 e. The Morgan fingerprint density at radius 1 is 1.29 bits per heavy atom. The molecule has 2 aliphatic heterocycles. The normalized spacial score (nSPS) is 25.5. The fourth-order valence-electron chi connectivity index (χ4n) is 3.86. The number of aliphatic hydroxyl groups is 1. The minimum atomic E-state index is -0.423. The van der Waals surface area contributed by atoms with Crippen LogP contribution in [0, 0.1) is 6.92 Å². The number of hydrogen-bond donors (Lipinski definition) is 1. The molecule has 2 atom stereocenters. The van der Waals surface area contributed by atoms with Crippen molar-refractivity contribution < 1.29 is 14.7 Å². The number of nitrogens with zero attached hydrogens (tertiary/aromatic N) is 2. The Balaban J connectivity index is 1.87. The van der Waals surface area contributed by atoms with Crippen molar-refractivity contribution in [2.75, 3.05) is 18.1 Å². The predicted molar refractivity (Wildman–Crippen MR) is 93.1 cm³/mol. The van der Waals surface area contributed by atoms with Crippen molar-refractivity contribution in [2.24, 2.45) is 0 Å². The number of halogens is 1. The second kappa shape index (κ2) is 7.21. The third kappa shape index (κ3) is 3.08. The average Bonchev–Trinajstić information content (AvgIpc) is 2.86. The number of hydrogen-bond acceptors (Lipinski definition) is 4. The van der Waals surface area contributed by atoms with Gasteiger partial charge < -0.3 is 5.11 Å². The summed E-state index contributed by atoms with van der Waals surface area (Å²) in [4.78, 5) is 29.0. The molecule has 6 heteroatoms. The smallest absolute Gasteiger partial charge is 0.251 e. The highest BCUT2D eigenvalue weighted by atomic mass is 35.5. The molecule has 2 aliphatic rings. The topological polar surface area (TPSA) is 60.9 Å². The summed E-state index contributed by atoms with van der Waals surface area (Å²) >= 11 is 6.15. The van der Waals surface area contributed by atoms with Crippen molar-refractivity contribution in [1.29, 1.82) is 0 Å². The van der Waals surface area contributed by atoms with E-state index in [0.717, 1.165) is 31.4 Å². The first-order chi connectivity index (χ1) is 11.5. The largest absolute Gasteiger partial charge is 0.396 e. The number of piperidine rings is 1. The minimum absolute atomic E-state index is 0.104. The van der Waals surface area contributed by atoms with Crippen LogP contribution in [0.25, 0.3) is 0 Å². The van der Waals surface area contributed by atoms with Crippen LogP contribution in [0.4, 0.5) is 5.69 Å². The monoisotopic (exact) mass is 350 g/mol. The summed E-state index contributed by atoms with van der Waals surface area (Å²) in [5.41, 5.74) is 1.32. The summed E-state index contributed by atoms with van der Waals surface area (Å²) in [5.74, 6) is -0.348. The molecule has 1 aromatic carbocycles. The van der Waals surface area contributed by atoms with Crippen LogP contribution in [0.15, 0.2) is 18.2 Å². The summed E-state index contributed by atoms with van der Waals surface area (Å²) < 4.78 is 0. The van der Waals surface area contributed by atoms with E-state index in [1.54, 1.807) is 18.2 Å². The van der Waals surface area contributed by atoms with Crippen LogP contribution in [0.2, 0.25) is 5.02 Å². The van der Waals surface area contributed by atoms with Gasteiger partial charge >= 0.3 is 0 Å². The summed E-state index contributed by atoms with van der Waals surface area (Å²) in [7, 11) is 0. The second-order valence-electron chi connectivity index (χ2n) is 6.57. The van der Waals surface area contributed by atoms with Crippen molar-refractivity contribution in [3.8, 4) is 0 Å². The van der Waals surface area contributed by atoms with E-state index in [-0.39, 0.29) is 30.9 Å². The zero-order valence-corrected chi connectivity index (χ0v) is 14.6. The van der Waals surface area contributed by atoms with Gasteiger partial charge in [-0.15, -0.1) is 0 Å². The van der Waals surface area contributed by atoms with E-state index in [2.05, 4.69) is 4.90 Å². The van der Waals surface area contributed by atoms with Crippen molar-refractivity contribution in [2.45, 2.75) is 51.1 Å². The van der Waals surface area contributed by atoms with Gasteiger partial charge in [0, 0.05) is 17.7 Å². The number of benzene rings is 1. The molecule has 0 saturated carbocycles. The van der Waals surface area contributed by atoms with Gasteiger partial charge in [0.1, 0.15) is 0 Å². The fraction of sp³-hybridized carbons (Fsp3) is 0.556. The van der Waals surface area contributed by atoms with E-state index in [1.807, 2.05) is 6.92 Å². The number of carbonyl (C=O) groups is 2. The maximum Gasteiger partial charge on any atom is 0.251 e. The molecule has 24 heavy (non-hydrogen) atoms. The Labute approximate surface area is 147 Å². The Bertz CT molecular complexity index is 647. The molecule has 2 fully saturated rings. The van der Waals surface area contributed by atoms with E-state index in [0.29, 0.717) is 17.1 Å². The maximum absolute atomic E-state index is 13.0. The Morgan fingerprint density at radius 2 is 2.08 bits per heavy atom. The van der Waals surface area contributed by atoms with Gasteiger partial charge in [0.2, 0.25) is 5.91 Å². The molecular weight excluding hydrogens is 328 g/mol. The highest BCUT2D eigenvalue weighted by Gasteiger charge is 2.45. The lowest BCUT2D eigenvalue weighted by atomic mass is 9.97. The van der Waals surface area contributed by atoms with Crippen LogP contribution in [-0.4, -0.2) is 47.1 Å². The van der Waals surface area contributed by atoms with Crippen LogP contribution in [0.1, 0.15) is 37.7 Å². The lowest BCUT2D eigenvalue weighted by molar-refractivity contribution is -0.124. The molecule has 0 bridgehead atoms.